The zero-order valence-corrected chi connectivity index (χ0v) is 20.7. The highest BCUT2D eigenvalue weighted by Crippen LogP contribution is 2.42. The molecule has 1 N–H and O–H groups in total. The zero-order chi connectivity index (χ0) is 25.0. The number of hydrogen-bond acceptors (Lipinski definition) is 4. The normalized spacial score (nSPS) is 16.6. The van der Waals surface area contributed by atoms with Crippen LogP contribution in [0, 0.1) is 0 Å². The van der Waals surface area contributed by atoms with Crippen molar-refractivity contribution in [3.8, 4) is 5.75 Å². The Morgan fingerprint density at radius 3 is 1.86 bits per heavy atom. The number of sulfonamides is 1. The van der Waals surface area contributed by atoms with Crippen LogP contribution in [0.2, 0.25) is 0 Å². The SMILES string of the molecule is O=S(=O)(c1ccc(COc2ccccc2)cc1)N1CCC[C@H]1C(O)(c1ccccc1)c1ccccc1. The maximum Gasteiger partial charge on any atom is 0.243 e. The van der Waals surface area contributed by atoms with Crippen molar-refractivity contribution in [1.82, 2.24) is 4.31 Å². The van der Waals surface area contributed by atoms with Crippen molar-refractivity contribution in [2.45, 2.75) is 36.0 Å². The van der Waals surface area contributed by atoms with Gasteiger partial charge >= 0.3 is 0 Å². The van der Waals surface area contributed by atoms with Gasteiger partial charge in [0.2, 0.25) is 10.0 Å². The third-order valence-electron chi connectivity index (χ3n) is 6.79. The van der Waals surface area contributed by atoms with Crippen molar-refractivity contribution in [2.24, 2.45) is 0 Å². The predicted molar refractivity (Wildman–Crippen MR) is 140 cm³/mol. The Hall–Kier alpha value is -3.45. The second kappa shape index (κ2) is 10.3. The number of rotatable bonds is 8. The van der Waals surface area contributed by atoms with E-state index in [-0.39, 0.29) is 4.90 Å². The van der Waals surface area contributed by atoms with Crippen LogP contribution in [0.5, 0.6) is 5.75 Å². The molecule has 6 heteroatoms. The number of benzene rings is 4. The van der Waals surface area contributed by atoms with E-state index in [0.29, 0.717) is 37.1 Å². The lowest BCUT2D eigenvalue weighted by Crippen LogP contribution is -2.50. The largest absolute Gasteiger partial charge is 0.489 e. The molecule has 0 aliphatic carbocycles. The lowest BCUT2D eigenvalue weighted by atomic mass is 9.79. The molecule has 0 unspecified atom stereocenters. The first-order valence-corrected chi connectivity index (χ1v) is 13.6. The van der Waals surface area contributed by atoms with Crippen LogP contribution in [-0.4, -0.2) is 30.4 Å². The fourth-order valence-corrected chi connectivity index (χ4v) is 6.67. The molecule has 1 saturated heterocycles. The average molecular weight is 500 g/mol. The van der Waals surface area contributed by atoms with E-state index in [4.69, 9.17) is 4.74 Å². The van der Waals surface area contributed by atoms with Crippen molar-refractivity contribution in [1.29, 1.82) is 0 Å². The Balaban J connectivity index is 1.44. The van der Waals surface area contributed by atoms with E-state index in [9.17, 15) is 13.5 Å². The highest BCUT2D eigenvalue weighted by molar-refractivity contribution is 7.89. The van der Waals surface area contributed by atoms with Crippen LogP contribution in [0.4, 0.5) is 0 Å². The quantitative estimate of drug-likeness (QED) is 0.355. The fourth-order valence-electron chi connectivity index (χ4n) is 4.96. The second-order valence-electron chi connectivity index (χ2n) is 9.02. The molecular weight excluding hydrogens is 470 g/mol. The summed E-state index contributed by atoms with van der Waals surface area (Å²) in [6.45, 7) is 0.701. The molecule has 1 atom stereocenters. The summed E-state index contributed by atoms with van der Waals surface area (Å²) < 4.78 is 34.9. The van der Waals surface area contributed by atoms with Crippen LogP contribution in [0.3, 0.4) is 0 Å². The Kier molecular flexibility index (Phi) is 6.92. The Labute approximate surface area is 212 Å². The van der Waals surface area contributed by atoms with Gasteiger partial charge < -0.3 is 9.84 Å². The highest BCUT2D eigenvalue weighted by atomic mass is 32.2. The molecule has 0 bridgehead atoms. The third kappa shape index (κ3) is 4.67. The number of para-hydroxylation sites is 1. The maximum atomic E-state index is 13.8. The molecule has 1 aliphatic rings. The van der Waals surface area contributed by atoms with Crippen LogP contribution in [-0.2, 0) is 22.2 Å². The Morgan fingerprint density at radius 1 is 0.778 bits per heavy atom. The number of nitrogens with zero attached hydrogens (tertiary/aromatic N) is 1. The minimum Gasteiger partial charge on any atom is -0.489 e. The topological polar surface area (TPSA) is 66.8 Å². The van der Waals surface area contributed by atoms with Gasteiger partial charge in [-0.1, -0.05) is 91.0 Å². The van der Waals surface area contributed by atoms with Crippen LogP contribution in [0.15, 0.2) is 120 Å². The van der Waals surface area contributed by atoms with E-state index in [0.717, 1.165) is 11.3 Å². The van der Waals surface area contributed by atoms with Crippen LogP contribution >= 0.6 is 0 Å². The summed E-state index contributed by atoms with van der Waals surface area (Å²) >= 11 is 0. The molecular formula is C30H29NO4S. The predicted octanol–water partition coefficient (Wildman–Crippen LogP) is 5.35. The van der Waals surface area contributed by atoms with Crippen molar-refractivity contribution in [3.63, 3.8) is 0 Å². The molecule has 1 fully saturated rings. The van der Waals surface area contributed by atoms with Gasteiger partial charge in [-0.15, -0.1) is 0 Å². The van der Waals surface area contributed by atoms with E-state index < -0.39 is 21.7 Å². The minimum absolute atomic E-state index is 0.210. The summed E-state index contributed by atoms with van der Waals surface area (Å²) in [5, 5.41) is 12.2. The number of hydrogen-bond donors (Lipinski definition) is 1. The van der Waals surface area contributed by atoms with Gasteiger partial charge in [0.25, 0.3) is 0 Å². The monoisotopic (exact) mass is 499 g/mol. The molecule has 0 radical (unpaired) electrons. The molecule has 5 rings (SSSR count). The summed E-state index contributed by atoms with van der Waals surface area (Å²) in [6, 6.07) is 34.4. The first kappa shape index (κ1) is 24.3. The van der Waals surface area contributed by atoms with Gasteiger partial charge in [0.1, 0.15) is 18.0 Å². The molecule has 4 aromatic carbocycles. The standard InChI is InChI=1S/C30H29NO4S/c32-30(25-11-4-1-5-12-25,26-13-6-2-7-14-26)29-17-10-22-31(29)36(33,34)28-20-18-24(19-21-28)23-35-27-15-8-3-9-16-27/h1-9,11-16,18-21,29,32H,10,17,22-23H2/t29-/m0/s1. The van der Waals surface area contributed by atoms with Gasteiger partial charge in [-0.25, -0.2) is 8.42 Å². The zero-order valence-electron chi connectivity index (χ0n) is 19.9. The first-order chi connectivity index (χ1) is 17.5. The second-order valence-corrected chi connectivity index (χ2v) is 10.9. The van der Waals surface area contributed by atoms with Gasteiger partial charge in [-0.2, -0.15) is 4.31 Å². The maximum absolute atomic E-state index is 13.8. The Bertz CT molecular complexity index is 1340. The van der Waals surface area contributed by atoms with Crippen molar-refractivity contribution < 1.29 is 18.3 Å². The number of aliphatic hydroxyl groups is 1. The van der Waals surface area contributed by atoms with Gasteiger partial charge in [-0.3, -0.25) is 0 Å². The smallest absolute Gasteiger partial charge is 0.243 e. The summed E-state index contributed by atoms with van der Waals surface area (Å²) in [4.78, 5) is 0.210. The highest BCUT2D eigenvalue weighted by Gasteiger charge is 2.49. The van der Waals surface area contributed by atoms with E-state index in [2.05, 4.69) is 0 Å². The van der Waals surface area contributed by atoms with Crippen molar-refractivity contribution in [2.75, 3.05) is 6.54 Å². The molecule has 1 heterocycles. The summed E-state index contributed by atoms with van der Waals surface area (Å²) in [5.41, 5.74) is 0.754. The lowest BCUT2D eigenvalue weighted by Gasteiger charge is -2.39. The first-order valence-electron chi connectivity index (χ1n) is 12.1. The van der Waals surface area contributed by atoms with Gasteiger partial charge in [0.05, 0.1) is 10.9 Å². The molecule has 0 amide bonds. The molecule has 5 nitrogen and oxygen atoms in total. The molecule has 0 spiro atoms. The van der Waals surface area contributed by atoms with Crippen LogP contribution in [0.25, 0.3) is 0 Å². The fraction of sp³-hybridized carbons (Fsp3) is 0.200. The van der Waals surface area contributed by atoms with Gasteiger partial charge in [0.15, 0.2) is 0 Å². The van der Waals surface area contributed by atoms with Gasteiger partial charge in [0, 0.05) is 6.54 Å². The number of ether oxygens (including phenoxy) is 1. The van der Waals surface area contributed by atoms with Crippen LogP contribution in [0.1, 0.15) is 29.5 Å². The van der Waals surface area contributed by atoms with Gasteiger partial charge in [-0.05, 0) is 53.8 Å². The average Bonchev–Trinajstić information content (AvgIpc) is 3.45. The van der Waals surface area contributed by atoms with E-state index >= 15 is 0 Å². The molecule has 4 aromatic rings. The van der Waals surface area contributed by atoms with Crippen molar-refractivity contribution in [3.05, 3.63) is 132 Å². The third-order valence-corrected chi connectivity index (χ3v) is 8.71. The molecule has 1 aliphatic heterocycles. The molecule has 184 valence electrons. The summed E-state index contributed by atoms with van der Waals surface area (Å²) in [7, 11) is -3.84. The minimum atomic E-state index is -3.84. The summed E-state index contributed by atoms with van der Waals surface area (Å²) in [6.07, 6.45) is 1.23. The molecule has 0 aromatic heterocycles. The summed E-state index contributed by atoms with van der Waals surface area (Å²) in [5.74, 6) is 0.759. The van der Waals surface area contributed by atoms with Crippen molar-refractivity contribution >= 4 is 10.0 Å². The van der Waals surface area contributed by atoms with Crippen LogP contribution < -0.4 is 4.74 Å². The Morgan fingerprint density at radius 2 is 1.31 bits per heavy atom. The molecule has 0 saturated carbocycles. The molecule has 36 heavy (non-hydrogen) atoms. The van der Waals surface area contributed by atoms with E-state index in [1.54, 1.807) is 24.3 Å². The lowest BCUT2D eigenvalue weighted by molar-refractivity contribution is 0.0204. The van der Waals surface area contributed by atoms with E-state index in [1.807, 2.05) is 91.0 Å². The van der Waals surface area contributed by atoms with E-state index in [1.165, 1.54) is 4.31 Å².